The van der Waals surface area contributed by atoms with Gasteiger partial charge in [-0.15, -0.1) is 0 Å². The summed E-state index contributed by atoms with van der Waals surface area (Å²) in [6.07, 6.45) is 1.18. The maximum Gasteiger partial charge on any atom is 0.224 e. The van der Waals surface area contributed by atoms with E-state index in [2.05, 4.69) is 5.32 Å². The predicted molar refractivity (Wildman–Crippen MR) is 95.9 cm³/mol. The van der Waals surface area contributed by atoms with E-state index in [9.17, 15) is 18.3 Å². The molecule has 0 bridgehead atoms. The predicted octanol–water partition coefficient (Wildman–Crippen LogP) is 1.60. The molecule has 1 aromatic carbocycles. The number of carbonyl (C=O) groups excluding carboxylic acids is 1. The van der Waals surface area contributed by atoms with Gasteiger partial charge in [-0.25, -0.2) is 8.42 Å². The monoisotopic (exact) mass is 364 g/mol. The van der Waals surface area contributed by atoms with Crippen LogP contribution in [0.5, 0.6) is 0 Å². The molecule has 1 atom stereocenters. The minimum absolute atomic E-state index is 0.122. The van der Waals surface area contributed by atoms with Crippen LogP contribution in [0.2, 0.25) is 0 Å². The Balaban J connectivity index is 1.92. The Morgan fingerprint density at radius 1 is 1.20 bits per heavy atom. The molecule has 0 fully saturated rings. The van der Waals surface area contributed by atoms with Crippen LogP contribution in [-0.4, -0.2) is 35.8 Å². The lowest BCUT2D eigenvalue weighted by Crippen LogP contribution is -2.30. The van der Waals surface area contributed by atoms with E-state index in [0.717, 1.165) is 5.69 Å². The number of carbonyl (C=O) groups is 1. The van der Waals surface area contributed by atoms with Gasteiger partial charge in [0.1, 0.15) is 6.10 Å². The summed E-state index contributed by atoms with van der Waals surface area (Å²) in [5.41, 5.74) is 1.44. The normalized spacial score (nSPS) is 13.0. The molecule has 2 aromatic rings. The second-order valence-electron chi connectivity index (χ2n) is 6.28. The van der Waals surface area contributed by atoms with Crippen molar-refractivity contribution < 1.29 is 18.3 Å². The van der Waals surface area contributed by atoms with Crippen LogP contribution in [0.15, 0.2) is 47.5 Å². The van der Waals surface area contributed by atoms with Gasteiger partial charge in [-0.3, -0.25) is 4.79 Å². The van der Waals surface area contributed by atoms with E-state index in [-0.39, 0.29) is 23.8 Å². The quantitative estimate of drug-likeness (QED) is 0.781. The smallest absolute Gasteiger partial charge is 0.224 e. The molecule has 1 aromatic heterocycles. The summed E-state index contributed by atoms with van der Waals surface area (Å²) in [4.78, 5) is 12.3. The van der Waals surface area contributed by atoms with Crippen molar-refractivity contribution in [2.24, 2.45) is 7.05 Å². The first kappa shape index (κ1) is 19.2. The van der Waals surface area contributed by atoms with Gasteiger partial charge in [-0.05, 0) is 43.7 Å². The molecule has 2 N–H and O–H groups in total. The molecule has 136 valence electrons. The number of hydrogen-bond donors (Lipinski definition) is 2. The molecule has 1 amide bonds. The fraction of sp³-hybridized carbons (Fsp3) is 0.389. The van der Waals surface area contributed by atoms with Crippen molar-refractivity contribution in [1.29, 1.82) is 0 Å². The third-order valence-electron chi connectivity index (χ3n) is 4.06. The first-order chi connectivity index (χ1) is 11.7. The molecule has 6 nitrogen and oxygen atoms in total. The lowest BCUT2D eigenvalue weighted by molar-refractivity contribution is -0.120. The first-order valence-corrected chi connectivity index (χ1v) is 9.65. The zero-order valence-corrected chi connectivity index (χ0v) is 15.5. The standard InChI is InChI=1S/C18H24N2O4S/c1-13(2)25(23,24)15-8-6-14(7-9-15)11-18(22)19-12-17(21)16-5-4-10-20(16)3/h4-10,13,17,21H,11-12H2,1-3H3,(H,19,22)/t17-/m0/s1. The highest BCUT2D eigenvalue weighted by Gasteiger charge is 2.19. The zero-order valence-electron chi connectivity index (χ0n) is 14.6. The van der Waals surface area contributed by atoms with Gasteiger partial charge in [0.25, 0.3) is 0 Å². The van der Waals surface area contributed by atoms with Gasteiger partial charge in [0.15, 0.2) is 9.84 Å². The summed E-state index contributed by atoms with van der Waals surface area (Å²) in [5.74, 6) is -0.229. The number of aryl methyl sites for hydroxylation is 1. The number of aliphatic hydroxyl groups is 1. The summed E-state index contributed by atoms with van der Waals surface area (Å²) < 4.78 is 25.9. The number of sulfone groups is 1. The molecule has 0 saturated carbocycles. The van der Waals surface area contributed by atoms with E-state index < -0.39 is 21.2 Å². The van der Waals surface area contributed by atoms with E-state index in [4.69, 9.17) is 0 Å². The number of benzene rings is 1. The fourth-order valence-electron chi connectivity index (χ4n) is 2.45. The number of hydrogen-bond acceptors (Lipinski definition) is 4. The fourth-order valence-corrected chi connectivity index (χ4v) is 3.51. The van der Waals surface area contributed by atoms with Crippen LogP contribution >= 0.6 is 0 Å². The first-order valence-electron chi connectivity index (χ1n) is 8.10. The van der Waals surface area contributed by atoms with Crippen molar-refractivity contribution in [1.82, 2.24) is 9.88 Å². The van der Waals surface area contributed by atoms with Crippen LogP contribution in [0.4, 0.5) is 0 Å². The Kier molecular flexibility index (Phi) is 6.02. The topological polar surface area (TPSA) is 88.4 Å². The number of amides is 1. The highest BCUT2D eigenvalue weighted by molar-refractivity contribution is 7.92. The molecule has 2 rings (SSSR count). The van der Waals surface area contributed by atoms with Crippen molar-refractivity contribution in [3.8, 4) is 0 Å². The van der Waals surface area contributed by atoms with Crippen molar-refractivity contribution >= 4 is 15.7 Å². The van der Waals surface area contributed by atoms with Crippen molar-refractivity contribution in [3.63, 3.8) is 0 Å². The van der Waals surface area contributed by atoms with Gasteiger partial charge in [0.2, 0.25) is 5.91 Å². The third-order valence-corrected chi connectivity index (χ3v) is 6.23. The molecule has 0 spiro atoms. The van der Waals surface area contributed by atoms with E-state index >= 15 is 0 Å². The largest absolute Gasteiger partial charge is 0.385 e. The number of nitrogens with zero attached hydrogens (tertiary/aromatic N) is 1. The number of aromatic nitrogens is 1. The Morgan fingerprint density at radius 2 is 1.84 bits per heavy atom. The maximum atomic E-state index is 12.1. The van der Waals surface area contributed by atoms with Gasteiger partial charge in [-0.1, -0.05) is 12.1 Å². The molecule has 0 radical (unpaired) electrons. The summed E-state index contributed by atoms with van der Waals surface area (Å²) in [6, 6.07) is 9.95. The molecular weight excluding hydrogens is 340 g/mol. The van der Waals surface area contributed by atoms with Crippen LogP contribution < -0.4 is 5.32 Å². The third kappa shape index (κ3) is 4.70. The van der Waals surface area contributed by atoms with E-state index in [1.165, 1.54) is 12.1 Å². The average Bonchev–Trinajstić information content (AvgIpc) is 2.99. The highest BCUT2D eigenvalue weighted by Crippen LogP contribution is 2.17. The maximum absolute atomic E-state index is 12.1. The van der Waals surface area contributed by atoms with Crippen LogP contribution in [0, 0.1) is 0 Å². The molecule has 0 unspecified atom stereocenters. The molecule has 0 aliphatic rings. The minimum Gasteiger partial charge on any atom is -0.385 e. The second kappa shape index (κ2) is 7.84. The van der Waals surface area contributed by atoms with E-state index in [1.54, 1.807) is 36.6 Å². The number of nitrogens with one attached hydrogen (secondary N) is 1. The molecule has 0 aliphatic carbocycles. The van der Waals surface area contributed by atoms with Crippen molar-refractivity contribution in [2.45, 2.75) is 36.5 Å². The second-order valence-corrected chi connectivity index (χ2v) is 8.78. The molecule has 1 heterocycles. The van der Waals surface area contributed by atoms with Crippen LogP contribution in [-0.2, 0) is 28.1 Å². The van der Waals surface area contributed by atoms with Crippen molar-refractivity contribution in [2.75, 3.05) is 6.54 Å². The Bertz CT molecular complexity index is 823. The Morgan fingerprint density at radius 3 is 2.36 bits per heavy atom. The molecule has 25 heavy (non-hydrogen) atoms. The van der Waals surface area contributed by atoms with Gasteiger partial charge >= 0.3 is 0 Å². The van der Waals surface area contributed by atoms with Crippen molar-refractivity contribution in [3.05, 3.63) is 53.9 Å². The van der Waals surface area contributed by atoms with Crippen LogP contribution in [0.1, 0.15) is 31.2 Å². The zero-order chi connectivity index (χ0) is 18.6. The van der Waals surface area contributed by atoms with E-state index in [1.807, 2.05) is 19.3 Å². The van der Waals surface area contributed by atoms with E-state index in [0.29, 0.717) is 5.56 Å². The number of aliphatic hydroxyl groups excluding tert-OH is 1. The summed E-state index contributed by atoms with van der Waals surface area (Å²) in [5, 5.41) is 12.3. The minimum atomic E-state index is -3.31. The molecular formula is C18H24N2O4S. The summed E-state index contributed by atoms with van der Waals surface area (Å²) in [6.45, 7) is 3.39. The molecule has 7 heteroatoms. The average molecular weight is 364 g/mol. The SMILES string of the molecule is CC(C)S(=O)(=O)c1ccc(CC(=O)NC[C@H](O)c2cccn2C)cc1. The lowest BCUT2D eigenvalue weighted by Gasteiger charge is -2.13. The summed E-state index contributed by atoms with van der Waals surface area (Å²) in [7, 11) is -1.48. The highest BCUT2D eigenvalue weighted by atomic mass is 32.2. The van der Waals surface area contributed by atoms with Gasteiger partial charge < -0.3 is 15.0 Å². The van der Waals surface area contributed by atoms with Gasteiger partial charge in [0.05, 0.1) is 16.6 Å². The summed E-state index contributed by atoms with van der Waals surface area (Å²) >= 11 is 0. The van der Waals surface area contributed by atoms with Crippen LogP contribution in [0.3, 0.4) is 0 Å². The van der Waals surface area contributed by atoms with Gasteiger partial charge in [-0.2, -0.15) is 0 Å². The number of rotatable bonds is 7. The molecule has 0 aliphatic heterocycles. The van der Waals surface area contributed by atoms with Crippen LogP contribution in [0.25, 0.3) is 0 Å². The Labute approximate surface area is 148 Å². The molecule has 0 saturated heterocycles. The van der Waals surface area contributed by atoms with Gasteiger partial charge in [0, 0.05) is 25.5 Å². The lowest BCUT2D eigenvalue weighted by atomic mass is 10.1. The Hall–Kier alpha value is -2.12.